The molecule has 0 aliphatic carbocycles. The van der Waals surface area contributed by atoms with Crippen LogP contribution in [0.5, 0.6) is 0 Å². The van der Waals surface area contributed by atoms with Gasteiger partial charge in [-0.25, -0.2) is 9.97 Å². The number of carbonyl (C=O) groups excluding carboxylic acids is 1. The molecule has 0 saturated heterocycles. The Morgan fingerprint density at radius 3 is 2.82 bits per heavy atom. The first-order chi connectivity index (χ1) is 10.3. The molecule has 0 aromatic carbocycles. The SMILES string of the molecule is C[C@@H](Sc1nc(N)cc(=O)[nH]1)C(=O)Nc1ncc(Cl)cc1Cl. The molecule has 22 heavy (non-hydrogen) atoms. The van der Waals surface area contributed by atoms with Crippen LogP contribution in [0.2, 0.25) is 10.0 Å². The third-order valence-corrected chi connectivity index (χ3v) is 3.93. The normalized spacial score (nSPS) is 12.0. The number of anilines is 2. The predicted octanol–water partition coefficient (Wildman–Crippen LogP) is 2.17. The molecule has 116 valence electrons. The standard InChI is InChI=1S/C12H11Cl2N5O2S/c1-5(22-12-17-8(15)3-9(20)18-12)11(21)19-10-7(14)2-6(13)4-16-10/h2-5H,1H3,(H,16,19,21)(H3,15,17,18,20)/t5-/m1/s1. The summed E-state index contributed by atoms with van der Waals surface area (Å²) in [5.41, 5.74) is 5.10. The average Bonchev–Trinajstić information content (AvgIpc) is 2.40. The van der Waals surface area contributed by atoms with E-state index in [9.17, 15) is 9.59 Å². The zero-order valence-electron chi connectivity index (χ0n) is 11.3. The fraction of sp³-hybridized carbons (Fsp3) is 0.167. The molecule has 0 aliphatic rings. The summed E-state index contributed by atoms with van der Waals surface area (Å²) in [5.74, 6) is -0.0642. The first-order valence-electron chi connectivity index (χ1n) is 6.00. The van der Waals surface area contributed by atoms with Crippen molar-refractivity contribution in [3.05, 3.63) is 38.7 Å². The summed E-state index contributed by atoms with van der Waals surface area (Å²) in [6.45, 7) is 1.65. The van der Waals surface area contributed by atoms with Gasteiger partial charge in [0.25, 0.3) is 5.56 Å². The van der Waals surface area contributed by atoms with Crippen molar-refractivity contribution in [1.29, 1.82) is 0 Å². The molecule has 0 aliphatic heterocycles. The Kier molecular flexibility index (Phi) is 5.28. The number of nitrogens with one attached hydrogen (secondary N) is 2. The highest BCUT2D eigenvalue weighted by molar-refractivity contribution is 8.00. The molecule has 1 atom stereocenters. The van der Waals surface area contributed by atoms with Gasteiger partial charge in [0.1, 0.15) is 5.82 Å². The van der Waals surface area contributed by atoms with E-state index < -0.39 is 5.25 Å². The van der Waals surface area contributed by atoms with Crippen LogP contribution in [0.3, 0.4) is 0 Å². The Labute approximate surface area is 139 Å². The van der Waals surface area contributed by atoms with Crippen molar-refractivity contribution in [2.24, 2.45) is 0 Å². The number of aromatic amines is 1. The van der Waals surface area contributed by atoms with Crippen molar-refractivity contribution in [2.75, 3.05) is 11.1 Å². The first-order valence-corrected chi connectivity index (χ1v) is 7.64. The molecule has 2 aromatic rings. The van der Waals surface area contributed by atoms with Crippen molar-refractivity contribution < 1.29 is 4.79 Å². The highest BCUT2D eigenvalue weighted by Crippen LogP contribution is 2.24. The minimum atomic E-state index is -0.557. The van der Waals surface area contributed by atoms with Gasteiger partial charge in [0.2, 0.25) is 5.91 Å². The monoisotopic (exact) mass is 359 g/mol. The van der Waals surface area contributed by atoms with Gasteiger partial charge >= 0.3 is 0 Å². The molecule has 7 nitrogen and oxygen atoms in total. The maximum absolute atomic E-state index is 12.1. The lowest BCUT2D eigenvalue weighted by atomic mass is 10.4. The van der Waals surface area contributed by atoms with E-state index in [1.54, 1.807) is 6.92 Å². The molecule has 2 rings (SSSR count). The zero-order chi connectivity index (χ0) is 16.3. The number of pyridine rings is 1. The minimum absolute atomic E-state index is 0.0845. The van der Waals surface area contributed by atoms with Gasteiger partial charge in [0.05, 0.1) is 15.3 Å². The van der Waals surface area contributed by atoms with Crippen molar-refractivity contribution >= 4 is 52.5 Å². The lowest BCUT2D eigenvalue weighted by molar-refractivity contribution is -0.115. The molecule has 0 spiro atoms. The lowest BCUT2D eigenvalue weighted by Crippen LogP contribution is -2.24. The second kappa shape index (κ2) is 6.99. The van der Waals surface area contributed by atoms with Gasteiger partial charge in [0, 0.05) is 12.3 Å². The largest absolute Gasteiger partial charge is 0.383 e. The number of nitrogen functional groups attached to an aromatic ring is 1. The first kappa shape index (κ1) is 16.6. The molecule has 0 radical (unpaired) electrons. The van der Waals surface area contributed by atoms with Crippen LogP contribution in [0.15, 0.2) is 28.3 Å². The van der Waals surface area contributed by atoms with Gasteiger partial charge in [0.15, 0.2) is 11.0 Å². The highest BCUT2D eigenvalue weighted by atomic mass is 35.5. The molecule has 0 fully saturated rings. The van der Waals surface area contributed by atoms with Crippen LogP contribution in [0.4, 0.5) is 11.6 Å². The summed E-state index contributed by atoms with van der Waals surface area (Å²) in [6, 6.07) is 2.63. The number of aromatic nitrogens is 3. The van der Waals surface area contributed by atoms with Crippen LogP contribution in [-0.2, 0) is 4.79 Å². The van der Waals surface area contributed by atoms with Crippen LogP contribution >= 0.6 is 35.0 Å². The van der Waals surface area contributed by atoms with Gasteiger partial charge in [-0.1, -0.05) is 35.0 Å². The van der Waals surface area contributed by atoms with Crippen LogP contribution < -0.4 is 16.6 Å². The predicted molar refractivity (Wildman–Crippen MR) is 87.5 cm³/mol. The number of nitrogens with two attached hydrogens (primary N) is 1. The van der Waals surface area contributed by atoms with E-state index in [4.69, 9.17) is 28.9 Å². The molecule has 4 N–H and O–H groups in total. The second-order valence-corrected chi connectivity index (χ2v) is 6.38. The third kappa shape index (κ3) is 4.36. The Morgan fingerprint density at radius 1 is 1.45 bits per heavy atom. The van der Waals surface area contributed by atoms with Crippen molar-refractivity contribution in [1.82, 2.24) is 15.0 Å². The van der Waals surface area contributed by atoms with Crippen molar-refractivity contribution in [2.45, 2.75) is 17.3 Å². The number of H-pyrrole nitrogens is 1. The van der Waals surface area contributed by atoms with E-state index in [-0.39, 0.29) is 33.3 Å². The van der Waals surface area contributed by atoms with E-state index in [2.05, 4.69) is 20.3 Å². The maximum Gasteiger partial charge on any atom is 0.253 e. The zero-order valence-corrected chi connectivity index (χ0v) is 13.6. The van der Waals surface area contributed by atoms with E-state index in [1.807, 2.05) is 0 Å². The number of thioether (sulfide) groups is 1. The molecular formula is C12H11Cl2N5O2S. The number of halogens is 2. The van der Waals surface area contributed by atoms with E-state index in [1.165, 1.54) is 12.3 Å². The Morgan fingerprint density at radius 2 is 2.18 bits per heavy atom. The lowest BCUT2D eigenvalue weighted by Gasteiger charge is -2.11. The molecule has 0 unspecified atom stereocenters. The molecule has 10 heteroatoms. The minimum Gasteiger partial charge on any atom is -0.383 e. The summed E-state index contributed by atoms with van der Waals surface area (Å²) in [7, 11) is 0. The summed E-state index contributed by atoms with van der Waals surface area (Å²) < 4.78 is 0. The van der Waals surface area contributed by atoms with Crippen LogP contribution in [0.25, 0.3) is 0 Å². The van der Waals surface area contributed by atoms with Gasteiger partial charge in [-0.05, 0) is 13.0 Å². The maximum atomic E-state index is 12.1. The summed E-state index contributed by atoms with van der Waals surface area (Å²) >= 11 is 12.7. The summed E-state index contributed by atoms with van der Waals surface area (Å²) in [4.78, 5) is 33.8. The highest BCUT2D eigenvalue weighted by Gasteiger charge is 2.18. The molecule has 2 heterocycles. The molecule has 2 aromatic heterocycles. The molecule has 0 bridgehead atoms. The average molecular weight is 360 g/mol. The van der Waals surface area contributed by atoms with Crippen LogP contribution in [-0.4, -0.2) is 26.1 Å². The van der Waals surface area contributed by atoms with Gasteiger partial charge in [-0.15, -0.1) is 0 Å². The fourth-order valence-corrected chi connectivity index (χ4v) is 2.70. The molecular weight excluding hydrogens is 349 g/mol. The topological polar surface area (TPSA) is 114 Å². The van der Waals surface area contributed by atoms with Crippen molar-refractivity contribution in [3.63, 3.8) is 0 Å². The number of carbonyl (C=O) groups is 1. The van der Waals surface area contributed by atoms with Gasteiger partial charge in [-0.3, -0.25) is 9.59 Å². The Balaban J connectivity index is 2.07. The van der Waals surface area contributed by atoms with Gasteiger partial charge < -0.3 is 16.0 Å². The number of amides is 1. The Bertz CT molecular complexity index is 767. The second-order valence-electron chi connectivity index (χ2n) is 4.21. The van der Waals surface area contributed by atoms with Crippen molar-refractivity contribution in [3.8, 4) is 0 Å². The number of hydrogen-bond donors (Lipinski definition) is 3. The van der Waals surface area contributed by atoms with Crippen LogP contribution in [0.1, 0.15) is 6.92 Å². The Hall–Kier alpha value is -1.77. The van der Waals surface area contributed by atoms with E-state index in [0.717, 1.165) is 17.8 Å². The molecule has 0 saturated carbocycles. The summed E-state index contributed by atoms with van der Waals surface area (Å²) in [5, 5.41) is 2.87. The number of rotatable bonds is 4. The van der Waals surface area contributed by atoms with E-state index in [0.29, 0.717) is 5.02 Å². The van der Waals surface area contributed by atoms with Crippen LogP contribution in [0, 0.1) is 0 Å². The third-order valence-electron chi connectivity index (χ3n) is 2.45. The molecule has 1 amide bonds. The van der Waals surface area contributed by atoms with Gasteiger partial charge in [-0.2, -0.15) is 0 Å². The number of nitrogens with zero attached hydrogens (tertiary/aromatic N) is 2. The number of hydrogen-bond acceptors (Lipinski definition) is 6. The van der Waals surface area contributed by atoms with E-state index >= 15 is 0 Å². The summed E-state index contributed by atoms with van der Waals surface area (Å²) in [6.07, 6.45) is 1.37. The fourth-order valence-electron chi connectivity index (χ4n) is 1.45. The quantitative estimate of drug-likeness (QED) is 0.569. The smallest absolute Gasteiger partial charge is 0.253 e.